The van der Waals surface area contributed by atoms with E-state index in [1.165, 1.54) is 5.56 Å². The Kier molecular flexibility index (Phi) is 6.00. The molecular weight excluding hydrogens is 332 g/mol. The average Bonchev–Trinajstić information content (AvgIpc) is 3.00. The first-order chi connectivity index (χ1) is 12.6. The van der Waals surface area contributed by atoms with E-state index >= 15 is 0 Å². The average molecular weight is 358 g/mol. The number of methoxy groups -OCH3 is 1. The zero-order chi connectivity index (χ0) is 18.5. The lowest BCUT2D eigenvalue weighted by Gasteiger charge is -2.35. The number of benzene rings is 1. The SMILES string of the molecule is COCCn1c(CO)nnc1C1CC(NC(=O)Cc2ccc(C)cc2)C1. The molecule has 0 saturated heterocycles. The molecule has 1 fully saturated rings. The smallest absolute Gasteiger partial charge is 0.224 e. The van der Waals surface area contributed by atoms with E-state index in [2.05, 4.69) is 15.5 Å². The third-order valence-corrected chi connectivity index (χ3v) is 4.87. The lowest BCUT2D eigenvalue weighted by atomic mass is 9.79. The molecule has 0 aliphatic heterocycles. The van der Waals surface area contributed by atoms with Gasteiger partial charge in [-0.3, -0.25) is 4.79 Å². The normalized spacial score (nSPS) is 19.2. The van der Waals surface area contributed by atoms with Gasteiger partial charge in [0.2, 0.25) is 5.91 Å². The van der Waals surface area contributed by atoms with Crippen molar-refractivity contribution in [3.63, 3.8) is 0 Å². The number of nitrogens with one attached hydrogen (secondary N) is 1. The first kappa shape index (κ1) is 18.5. The summed E-state index contributed by atoms with van der Waals surface area (Å²) < 4.78 is 7.05. The number of aromatic nitrogens is 3. The molecule has 0 spiro atoms. The maximum Gasteiger partial charge on any atom is 0.224 e. The Morgan fingerprint density at radius 2 is 2.04 bits per heavy atom. The van der Waals surface area contributed by atoms with Gasteiger partial charge in [0.15, 0.2) is 5.82 Å². The summed E-state index contributed by atoms with van der Waals surface area (Å²) in [5, 5.41) is 20.8. The molecule has 1 aliphatic carbocycles. The van der Waals surface area contributed by atoms with Crippen LogP contribution >= 0.6 is 0 Å². The van der Waals surface area contributed by atoms with E-state index in [1.807, 2.05) is 35.8 Å². The second-order valence-electron chi connectivity index (χ2n) is 6.87. The maximum atomic E-state index is 12.2. The molecule has 2 aromatic rings. The van der Waals surface area contributed by atoms with Gasteiger partial charge >= 0.3 is 0 Å². The predicted molar refractivity (Wildman–Crippen MR) is 96.6 cm³/mol. The molecule has 0 radical (unpaired) electrons. The van der Waals surface area contributed by atoms with Crippen molar-refractivity contribution in [2.24, 2.45) is 0 Å². The van der Waals surface area contributed by atoms with E-state index in [9.17, 15) is 9.90 Å². The maximum absolute atomic E-state index is 12.2. The summed E-state index contributed by atoms with van der Waals surface area (Å²) in [6, 6.07) is 8.20. The van der Waals surface area contributed by atoms with Crippen LogP contribution in [0.3, 0.4) is 0 Å². The fourth-order valence-electron chi connectivity index (χ4n) is 3.31. The van der Waals surface area contributed by atoms with Crippen LogP contribution in [0.1, 0.15) is 41.5 Å². The van der Waals surface area contributed by atoms with Crippen molar-refractivity contribution in [1.29, 1.82) is 0 Å². The standard InChI is InChI=1S/C19H26N4O3/c1-13-3-5-14(6-4-13)9-18(25)20-16-10-15(11-16)19-22-21-17(12-24)23(19)7-8-26-2/h3-6,15-16,24H,7-12H2,1-2H3,(H,20,25). The van der Waals surface area contributed by atoms with Gasteiger partial charge in [0.05, 0.1) is 13.0 Å². The van der Waals surface area contributed by atoms with Crippen LogP contribution in [-0.2, 0) is 29.1 Å². The number of carbonyl (C=O) groups is 1. The van der Waals surface area contributed by atoms with E-state index in [1.54, 1.807) is 7.11 Å². The minimum absolute atomic E-state index is 0.0502. The van der Waals surface area contributed by atoms with Crippen molar-refractivity contribution in [1.82, 2.24) is 20.1 Å². The molecule has 26 heavy (non-hydrogen) atoms. The molecule has 1 aliphatic rings. The fraction of sp³-hybridized carbons (Fsp3) is 0.526. The van der Waals surface area contributed by atoms with Gasteiger partial charge in [0, 0.05) is 25.6 Å². The second-order valence-corrected chi connectivity index (χ2v) is 6.87. The quantitative estimate of drug-likeness (QED) is 0.743. The van der Waals surface area contributed by atoms with Gasteiger partial charge in [0.25, 0.3) is 0 Å². The van der Waals surface area contributed by atoms with Crippen LogP contribution in [0, 0.1) is 6.92 Å². The Bertz CT molecular complexity index is 736. The molecule has 1 aromatic heterocycles. The molecule has 0 bridgehead atoms. The first-order valence-corrected chi connectivity index (χ1v) is 8.97. The lowest BCUT2D eigenvalue weighted by molar-refractivity contribution is -0.121. The molecule has 3 rings (SSSR count). The van der Waals surface area contributed by atoms with Gasteiger partial charge < -0.3 is 19.7 Å². The van der Waals surface area contributed by atoms with Crippen LogP contribution in [0.4, 0.5) is 0 Å². The Morgan fingerprint density at radius 3 is 2.69 bits per heavy atom. The zero-order valence-electron chi connectivity index (χ0n) is 15.3. The molecular formula is C19H26N4O3. The van der Waals surface area contributed by atoms with Crippen molar-refractivity contribution in [3.05, 3.63) is 47.0 Å². The summed E-state index contributed by atoms with van der Waals surface area (Å²) in [5.74, 6) is 1.73. The Hall–Kier alpha value is -2.25. The summed E-state index contributed by atoms with van der Waals surface area (Å²) in [6.45, 7) is 3.06. The van der Waals surface area contributed by atoms with Gasteiger partial charge in [0.1, 0.15) is 12.4 Å². The number of aliphatic hydroxyl groups excluding tert-OH is 1. The summed E-state index contributed by atoms with van der Waals surface area (Å²) in [4.78, 5) is 12.2. The highest BCUT2D eigenvalue weighted by Gasteiger charge is 2.35. The van der Waals surface area contributed by atoms with E-state index in [-0.39, 0.29) is 24.5 Å². The number of rotatable bonds is 8. The molecule has 0 unspecified atom stereocenters. The number of aliphatic hydroxyl groups is 1. The predicted octanol–water partition coefficient (Wildman–Crippen LogP) is 1.33. The Morgan fingerprint density at radius 1 is 1.31 bits per heavy atom. The summed E-state index contributed by atoms with van der Waals surface area (Å²) >= 11 is 0. The molecule has 7 heteroatoms. The van der Waals surface area contributed by atoms with E-state index in [0.29, 0.717) is 25.4 Å². The van der Waals surface area contributed by atoms with Crippen LogP contribution in [0.25, 0.3) is 0 Å². The highest BCUT2D eigenvalue weighted by molar-refractivity contribution is 5.79. The summed E-state index contributed by atoms with van der Waals surface area (Å²) in [5.41, 5.74) is 2.21. The lowest BCUT2D eigenvalue weighted by Crippen LogP contribution is -2.44. The van der Waals surface area contributed by atoms with Crippen molar-refractivity contribution >= 4 is 5.91 Å². The molecule has 2 N–H and O–H groups in total. The molecule has 140 valence electrons. The number of hydrogen-bond acceptors (Lipinski definition) is 5. The zero-order valence-corrected chi connectivity index (χ0v) is 15.3. The third kappa shape index (κ3) is 4.28. The highest BCUT2D eigenvalue weighted by Crippen LogP contribution is 2.36. The number of hydrogen-bond donors (Lipinski definition) is 2. The number of ether oxygens (including phenoxy) is 1. The topological polar surface area (TPSA) is 89.3 Å². The van der Waals surface area contributed by atoms with Crippen molar-refractivity contribution in [2.45, 2.75) is 51.3 Å². The van der Waals surface area contributed by atoms with Crippen LogP contribution in [0.2, 0.25) is 0 Å². The van der Waals surface area contributed by atoms with E-state index < -0.39 is 0 Å². The monoisotopic (exact) mass is 358 g/mol. The van der Waals surface area contributed by atoms with Crippen molar-refractivity contribution in [3.8, 4) is 0 Å². The number of amides is 1. The number of carbonyl (C=O) groups excluding carboxylic acids is 1. The minimum Gasteiger partial charge on any atom is -0.388 e. The van der Waals surface area contributed by atoms with Gasteiger partial charge in [-0.1, -0.05) is 29.8 Å². The van der Waals surface area contributed by atoms with Crippen molar-refractivity contribution < 1.29 is 14.6 Å². The third-order valence-electron chi connectivity index (χ3n) is 4.87. The Labute approximate surface area is 153 Å². The van der Waals surface area contributed by atoms with Gasteiger partial charge in [-0.05, 0) is 25.3 Å². The van der Waals surface area contributed by atoms with E-state index in [4.69, 9.17) is 4.74 Å². The fourth-order valence-corrected chi connectivity index (χ4v) is 3.31. The largest absolute Gasteiger partial charge is 0.388 e. The molecule has 1 amide bonds. The second kappa shape index (κ2) is 8.42. The van der Waals surface area contributed by atoms with Crippen LogP contribution in [0.5, 0.6) is 0 Å². The highest BCUT2D eigenvalue weighted by atomic mass is 16.5. The molecule has 1 heterocycles. The summed E-state index contributed by atoms with van der Waals surface area (Å²) in [7, 11) is 1.64. The molecule has 1 saturated carbocycles. The van der Waals surface area contributed by atoms with Gasteiger partial charge in [-0.15, -0.1) is 10.2 Å². The van der Waals surface area contributed by atoms with Gasteiger partial charge in [-0.25, -0.2) is 0 Å². The van der Waals surface area contributed by atoms with E-state index in [0.717, 1.165) is 24.2 Å². The van der Waals surface area contributed by atoms with Gasteiger partial charge in [-0.2, -0.15) is 0 Å². The first-order valence-electron chi connectivity index (χ1n) is 8.97. The van der Waals surface area contributed by atoms with Crippen LogP contribution in [0.15, 0.2) is 24.3 Å². The summed E-state index contributed by atoms with van der Waals surface area (Å²) in [6.07, 6.45) is 2.09. The van der Waals surface area contributed by atoms with Crippen LogP contribution in [-0.4, -0.2) is 45.5 Å². The molecule has 0 atom stereocenters. The minimum atomic E-state index is -0.139. The number of nitrogens with zero attached hydrogens (tertiary/aromatic N) is 3. The number of aryl methyl sites for hydroxylation is 1. The Balaban J connectivity index is 1.51. The van der Waals surface area contributed by atoms with Crippen LogP contribution < -0.4 is 5.32 Å². The molecule has 1 aromatic carbocycles. The van der Waals surface area contributed by atoms with Crippen molar-refractivity contribution in [2.75, 3.05) is 13.7 Å². The molecule has 7 nitrogen and oxygen atoms in total.